The van der Waals surface area contributed by atoms with E-state index in [2.05, 4.69) is 4.74 Å². The molecule has 0 spiro atoms. The van der Waals surface area contributed by atoms with E-state index in [9.17, 15) is 9.59 Å². The smallest absolute Gasteiger partial charge is 0.314 e. The summed E-state index contributed by atoms with van der Waals surface area (Å²) in [5.41, 5.74) is 2.20. The molecule has 1 aromatic carbocycles. The van der Waals surface area contributed by atoms with Crippen LogP contribution in [0.15, 0.2) is 18.2 Å². The van der Waals surface area contributed by atoms with Crippen molar-refractivity contribution in [1.29, 1.82) is 0 Å². The Morgan fingerprint density at radius 3 is 2.65 bits per heavy atom. The highest BCUT2D eigenvalue weighted by atomic mass is 16.6. The first-order chi connectivity index (χ1) is 8.24. The second-order valence-electron chi connectivity index (χ2n) is 4.37. The summed E-state index contributed by atoms with van der Waals surface area (Å²) in [6, 6.07) is 5.81. The van der Waals surface area contributed by atoms with Gasteiger partial charge in [-0.1, -0.05) is 12.1 Å². The SMILES string of the molecule is O=C1CC(c2cccc3c2CCO3)CC(=O)O1. The summed E-state index contributed by atoms with van der Waals surface area (Å²) in [7, 11) is 0. The third-order valence-corrected chi connectivity index (χ3v) is 3.27. The molecule has 0 amide bonds. The lowest BCUT2D eigenvalue weighted by molar-refractivity contribution is -0.163. The monoisotopic (exact) mass is 232 g/mol. The van der Waals surface area contributed by atoms with Gasteiger partial charge in [-0.15, -0.1) is 0 Å². The Kier molecular flexibility index (Phi) is 2.35. The Morgan fingerprint density at radius 1 is 1.12 bits per heavy atom. The molecule has 0 aromatic heterocycles. The molecule has 2 aliphatic rings. The average molecular weight is 232 g/mol. The Labute approximate surface area is 98.5 Å². The Morgan fingerprint density at radius 2 is 1.88 bits per heavy atom. The van der Waals surface area contributed by atoms with Gasteiger partial charge >= 0.3 is 11.9 Å². The molecule has 4 nitrogen and oxygen atoms in total. The van der Waals surface area contributed by atoms with Crippen LogP contribution < -0.4 is 4.74 Å². The lowest BCUT2D eigenvalue weighted by atomic mass is 9.87. The fourth-order valence-corrected chi connectivity index (χ4v) is 2.54. The molecule has 17 heavy (non-hydrogen) atoms. The maximum absolute atomic E-state index is 11.3. The van der Waals surface area contributed by atoms with Crippen LogP contribution in [0.4, 0.5) is 0 Å². The number of hydrogen-bond acceptors (Lipinski definition) is 4. The van der Waals surface area contributed by atoms with Crippen LogP contribution in [-0.4, -0.2) is 18.5 Å². The molecular formula is C13H12O4. The molecule has 0 unspecified atom stereocenters. The molecule has 3 rings (SSSR count). The molecule has 0 N–H and O–H groups in total. The normalized spacial score (nSPS) is 19.8. The van der Waals surface area contributed by atoms with Crippen molar-refractivity contribution in [1.82, 2.24) is 0 Å². The topological polar surface area (TPSA) is 52.6 Å². The van der Waals surface area contributed by atoms with Crippen LogP contribution in [0.3, 0.4) is 0 Å². The standard InChI is InChI=1S/C13H12O4/c14-12-6-8(7-13(15)17-12)9-2-1-3-11-10(9)4-5-16-11/h1-3,8H,4-7H2. The fraction of sp³-hybridized carbons (Fsp3) is 0.385. The highest BCUT2D eigenvalue weighted by Crippen LogP contribution is 2.36. The van der Waals surface area contributed by atoms with Gasteiger partial charge in [-0.3, -0.25) is 9.59 Å². The van der Waals surface area contributed by atoms with Crippen molar-refractivity contribution >= 4 is 11.9 Å². The minimum absolute atomic E-state index is 0.0552. The summed E-state index contributed by atoms with van der Waals surface area (Å²) in [6.07, 6.45) is 1.41. The number of fused-ring (bicyclic) bond motifs is 1. The van der Waals surface area contributed by atoms with E-state index < -0.39 is 11.9 Å². The molecule has 0 bridgehead atoms. The third-order valence-electron chi connectivity index (χ3n) is 3.27. The first kappa shape index (κ1) is 10.3. The zero-order chi connectivity index (χ0) is 11.8. The van der Waals surface area contributed by atoms with Crippen molar-refractivity contribution in [3.63, 3.8) is 0 Å². The Bertz CT molecular complexity index is 476. The molecule has 4 heteroatoms. The summed E-state index contributed by atoms with van der Waals surface area (Å²) in [5, 5.41) is 0. The third kappa shape index (κ3) is 1.79. The summed E-state index contributed by atoms with van der Waals surface area (Å²) in [6.45, 7) is 0.678. The second kappa shape index (κ2) is 3.87. The summed E-state index contributed by atoms with van der Waals surface area (Å²) >= 11 is 0. The van der Waals surface area contributed by atoms with Crippen LogP contribution in [-0.2, 0) is 20.7 Å². The van der Waals surface area contributed by atoms with Gasteiger partial charge in [-0.05, 0) is 11.6 Å². The number of ether oxygens (including phenoxy) is 2. The van der Waals surface area contributed by atoms with E-state index in [1.165, 1.54) is 0 Å². The van der Waals surface area contributed by atoms with Crippen LogP contribution in [0.5, 0.6) is 5.75 Å². The van der Waals surface area contributed by atoms with Crippen molar-refractivity contribution in [2.45, 2.75) is 25.2 Å². The van der Waals surface area contributed by atoms with E-state index >= 15 is 0 Å². The van der Waals surface area contributed by atoms with E-state index in [4.69, 9.17) is 4.74 Å². The fourth-order valence-electron chi connectivity index (χ4n) is 2.54. The lowest BCUT2D eigenvalue weighted by Crippen LogP contribution is -2.24. The number of cyclic esters (lactones) is 2. The van der Waals surface area contributed by atoms with Crippen LogP contribution in [0.1, 0.15) is 29.9 Å². The maximum Gasteiger partial charge on any atom is 0.314 e. The molecule has 1 saturated heterocycles. The van der Waals surface area contributed by atoms with Gasteiger partial charge in [0.15, 0.2) is 0 Å². The molecule has 0 atom stereocenters. The number of carbonyl (C=O) groups is 2. The van der Waals surface area contributed by atoms with Crippen LogP contribution in [0.25, 0.3) is 0 Å². The number of rotatable bonds is 1. The van der Waals surface area contributed by atoms with E-state index in [0.29, 0.717) is 6.61 Å². The Hall–Kier alpha value is -1.84. The van der Waals surface area contributed by atoms with Gasteiger partial charge in [-0.25, -0.2) is 0 Å². The van der Waals surface area contributed by atoms with Crippen molar-refractivity contribution < 1.29 is 19.1 Å². The zero-order valence-electron chi connectivity index (χ0n) is 9.27. The van der Waals surface area contributed by atoms with Crippen molar-refractivity contribution in [3.05, 3.63) is 29.3 Å². The number of carbonyl (C=O) groups excluding carboxylic acids is 2. The van der Waals surface area contributed by atoms with Crippen LogP contribution in [0, 0.1) is 0 Å². The average Bonchev–Trinajstić information content (AvgIpc) is 2.75. The quantitative estimate of drug-likeness (QED) is 0.544. The largest absolute Gasteiger partial charge is 0.493 e. The van der Waals surface area contributed by atoms with E-state index in [1.54, 1.807) is 0 Å². The summed E-state index contributed by atoms with van der Waals surface area (Å²) < 4.78 is 10.0. The van der Waals surface area contributed by atoms with Crippen molar-refractivity contribution in [3.8, 4) is 5.75 Å². The Balaban J connectivity index is 1.96. The van der Waals surface area contributed by atoms with Gasteiger partial charge in [0, 0.05) is 17.9 Å². The number of esters is 2. The van der Waals surface area contributed by atoms with Gasteiger partial charge in [0.2, 0.25) is 0 Å². The molecule has 1 fully saturated rings. The molecule has 1 aromatic rings. The molecule has 0 aliphatic carbocycles. The summed E-state index contributed by atoms with van der Waals surface area (Å²) in [4.78, 5) is 22.6. The molecular weight excluding hydrogens is 220 g/mol. The summed E-state index contributed by atoms with van der Waals surface area (Å²) in [5.74, 6) is -0.0279. The van der Waals surface area contributed by atoms with Gasteiger partial charge in [0.25, 0.3) is 0 Å². The van der Waals surface area contributed by atoms with E-state index in [-0.39, 0.29) is 18.8 Å². The predicted octanol–water partition coefficient (Wildman–Crippen LogP) is 1.57. The minimum atomic E-state index is -0.428. The van der Waals surface area contributed by atoms with Gasteiger partial charge < -0.3 is 9.47 Å². The molecule has 0 saturated carbocycles. The molecule has 88 valence electrons. The van der Waals surface area contributed by atoms with Gasteiger partial charge in [-0.2, -0.15) is 0 Å². The molecule has 2 heterocycles. The number of hydrogen-bond donors (Lipinski definition) is 0. The van der Waals surface area contributed by atoms with E-state index in [0.717, 1.165) is 23.3 Å². The van der Waals surface area contributed by atoms with Crippen LogP contribution in [0.2, 0.25) is 0 Å². The van der Waals surface area contributed by atoms with E-state index in [1.807, 2.05) is 18.2 Å². The molecule has 0 radical (unpaired) electrons. The first-order valence-corrected chi connectivity index (χ1v) is 5.72. The highest BCUT2D eigenvalue weighted by Gasteiger charge is 2.31. The second-order valence-corrected chi connectivity index (χ2v) is 4.37. The number of benzene rings is 1. The molecule has 2 aliphatic heterocycles. The first-order valence-electron chi connectivity index (χ1n) is 5.72. The van der Waals surface area contributed by atoms with Gasteiger partial charge in [0.05, 0.1) is 19.4 Å². The van der Waals surface area contributed by atoms with Gasteiger partial charge in [0.1, 0.15) is 5.75 Å². The predicted molar refractivity (Wildman–Crippen MR) is 58.7 cm³/mol. The van der Waals surface area contributed by atoms with Crippen molar-refractivity contribution in [2.75, 3.05) is 6.61 Å². The zero-order valence-corrected chi connectivity index (χ0v) is 9.27. The minimum Gasteiger partial charge on any atom is -0.493 e. The maximum atomic E-state index is 11.3. The highest BCUT2D eigenvalue weighted by molar-refractivity contribution is 5.89. The van der Waals surface area contributed by atoms with Crippen LogP contribution >= 0.6 is 0 Å². The van der Waals surface area contributed by atoms with Crippen molar-refractivity contribution in [2.24, 2.45) is 0 Å². The lowest BCUT2D eigenvalue weighted by Gasteiger charge is -2.21.